The van der Waals surface area contributed by atoms with Gasteiger partial charge >= 0.3 is 5.97 Å². The molecule has 1 aliphatic heterocycles. The van der Waals surface area contributed by atoms with Crippen molar-refractivity contribution in [1.29, 1.82) is 0 Å². The molecule has 8 heteroatoms. The molecule has 2 atom stereocenters. The Morgan fingerprint density at radius 3 is 2.80 bits per heavy atom. The molecule has 0 aliphatic carbocycles. The lowest BCUT2D eigenvalue weighted by Crippen LogP contribution is -2.42. The number of thioether (sulfide) groups is 1. The van der Waals surface area contributed by atoms with E-state index in [4.69, 9.17) is 4.74 Å². The van der Waals surface area contributed by atoms with Crippen LogP contribution < -0.4 is 4.74 Å². The highest BCUT2D eigenvalue weighted by atomic mass is 32.2. The Bertz CT molecular complexity index is 1160. The van der Waals surface area contributed by atoms with E-state index in [1.165, 1.54) is 0 Å². The van der Waals surface area contributed by atoms with Gasteiger partial charge in [0, 0.05) is 55.0 Å². The first-order valence-electron chi connectivity index (χ1n) is 12.0. The van der Waals surface area contributed by atoms with Gasteiger partial charge in [0.25, 0.3) is 0 Å². The number of aromatic nitrogens is 2. The highest BCUT2D eigenvalue weighted by Crippen LogP contribution is 2.32. The van der Waals surface area contributed by atoms with E-state index in [2.05, 4.69) is 14.9 Å². The SMILES string of the molecule is COc1ccc2nccc(C(=O)CC[C@@H]3CCN(CCSc4ccccn4)C[C@@H]3CC(=O)O)c2c1. The number of likely N-dealkylation sites (tertiary alicyclic amines) is 1. The number of benzene rings is 1. The van der Waals surface area contributed by atoms with Crippen molar-refractivity contribution >= 4 is 34.4 Å². The molecular weight excluding hydrogens is 462 g/mol. The van der Waals surface area contributed by atoms with E-state index in [0.717, 1.165) is 47.7 Å². The van der Waals surface area contributed by atoms with E-state index in [1.807, 2.05) is 36.4 Å². The highest BCUT2D eigenvalue weighted by Gasteiger charge is 2.31. The minimum absolute atomic E-state index is 0.0446. The summed E-state index contributed by atoms with van der Waals surface area (Å²) >= 11 is 1.72. The number of piperidine rings is 1. The second-order valence-corrected chi connectivity index (χ2v) is 10.0. The normalized spacial score (nSPS) is 18.4. The van der Waals surface area contributed by atoms with Gasteiger partial charge in [-0.3, -0.25) is 14.6 Å². The van der Waals surface area contributed by atoms with Crippen molar-refractivity contribution < 1.29 is 19.4 Å². The first kappa shape index (κ1) is 25.1. The minimum Gasteiger partial charge on any atom is -0.497 e. The molecule has 0 radical (unpaired) electrons. The van der Waals surface area contributed by atoms with Crippen LogP contribution in [0.5, 0.6) is 5.75 Å². The Kier molecular flexibility index (Phi) is 8.71. The molecule has 1 fully saturated rings. The number of Topliss-reactive ketones (excluding diaryl/α,β-unsaturated/α-hetero) is 1. The number of nitrogens with zero attached hydrogens (tertiary/aromatic N) is 3. The number of aliphatic carboxylic acids is 1. The average Bonchev–Trinajstić information content (AvgIpc) is 2.87. The predicted octanol–water partition coefficient (Wildman–Crippen LogP) is 4.81. The van der Waals surface area contributed by atoms with E-state index in [-0.39, 0.29) is 24.0 Å². The highest BCUT2D eigenvalue weighted by molar-refractivity contribution is 7.99. The Balaban J connectivity index is 1.35. The molecule has 1 aliphatic rings. The maximum absolute atomic E-state index is 13.2. The minimum atomic E-state index is -0.775. The summed E-state index contributed by atoms with van der Waals surface area (Å²) in [5.74, 6) is 1.16. The fourth-order valence-corrected chi connectivity index (χ4v) is 5.72. The average molecular weight is 494 g/mol. The number of carbonyl (C=O) groups excluding carboxylic acids is 1. The third kappa shape index (κ3) is 6.80. The number of methoxy groups -OCH3 is 1. The summed E-state index contributed by atoms with van der Waals surface area (Å²) in [6.07, 6.45) is 5.59. The summed E-state index contributed by atoms with van der Waals surface area (Å²) in [4.78, 5) is 35.8. The van der Waals surface area contributed by atoms with Gasteiger partial charge in [0.2, 0.25) is 0 Å². The molecule has 0 bridgehead atoms. The fourth-order valence-electron chi connectivity index (χ4n) is 4.85. The Labute approximate surface area is 209 Å². The van der Waals surface area contributed by atoms with Gasteiger partial charge in [0.1, 0.15) is 5.75 Å². The monoisotopic (exact) mass is 493 g/mol. The first-order chi connectivity index (χ1) is 17.0. The molecular formula is C27H31N3O4S. The number of ketones is 1. The quantitative estimate of drug-likeness (QED) is 0.301. The molecule has 3 aromatic rings. The summed E-state index contributed by atoms with van der Waals surface area (Å²) in [5, 5.41) is 11.3. The summed E-state index contributed by atoms with van der Waals surface area (Å²) in [7, 11) is 1.60. The van der Waals surface area contributed by atoms with Gasteiger partial charge in [0.15, 0.2) is 5.78 Å². The standard InChI is InChI=1S/C27H31N3O4S/c1-34-21-6-7-24-23(17-21)22(9-12-28-24)25(31)8-5-19-10-13-30(18-20(19)16-27(32)33)14-15-35-26-4-2-3-11-29-26/h2-4,6-7,9,11-12,17,19-20H,5,8,10,13-16,18H2,1H3,(H,32,33)/t19-,20+/m1/s1. The molecule has 3 heterocycles. The predicted molar refractivity (Wildman–Crippen MR) is 137 cm³/mol. The van der Waals surface area contributed by atoms with Crippen LogP contribution in [0.1, 0.15) is 36.0 Å². The Morgan fingerprint density at radius 2 is 2.03 bits per heavy atom. The smallest absolute Gasteiger partial charge is 0.303 e. The van der Waals surface area contributed by atoms with Gasteiger partial charge in [-0.05, 0) is 67.6 Å². The van der Waals surface area contributed by atoms with Crippen LogP contribution >= 0.6 is 11.8 Å². The fraction of sp³-hybridized carbons (Fsp3) is 0.407. The van der Waals surface area contributed by atoms with Gasteiger partial charge in [-0.25, -0.2) is 4.98 Å². The molecule has 7 nitrogen and oxygen atoms in total. The third-order valence-corrected chi connectivity index (χ3v) is 7.62. The number of hydrogen-bond acceptors (Lipinski definition) is 7. The van der Waals surface area contributed by atoms with Crippen molar-refractivity contribution in [2.75, 3.05) is 32.5 Å². The van der Waals surface area contributed by atoms with Gasteiger partial charge in [-0.15, -0.1) is 11.8 Å². The van der Waals surface area contributed by atoms with Crippen LogP contribution in [0.3, 0.4) is 0 Å². The van der Waals surface area contributed by atoms with Crippen LogP contribution in [0.25, 0.3) is 10.9 Å². The molecule has 2 aromatic heterocycles. The van der Waals surface area contributed by atoms with Crippen molar-refractivity contribution in [3.05, 3.63) is 60.4 Å². The van der Waals surface area contributed by atoms with Crippen LogP contribution in [0.2, 0.25) is 0 Å². The van der Waals surface area contributed by atoms with Crippen LogP contribution in [0.4, 0.5) is 0 Å². The van der Waals surface area contributed by atoms with E-state index in [0.29, 0.717) is 24.2 Å². The lowest BCUT2D eigenvalue weighted by Gasteiger charge is -2.38. The Hall–Kier alpha value is -2.97. The lowest BCUT2D eigenvalue weighted by molar-refractivity contribution is -0.139. The lowest BCUT2D eigenvalue weighted by atomic mass is 9.79. The number of fused-ring (bicyclic) bond motifs is 1. The zero-order valence-corrected chi connectivity index (χ0v) is 20.7. The van der Waals surface area contributed by atoms with E-state index < -0.39 is 5.97 Å². The molecule has 0 saturated carbocycles. The van der Waals surface area contributed by atoms with Gasteiger partial charge < -0.3 is 14.7 Å². The molecule has 0 amide bonds. The molecule has 1 saturated heterocycles. The van der Waals surface area contributed by atoms with E-state index in [1.54, 1.807) is 37.3 Å². The van der Waals surface area contributed by atoms with Crippen molar-refractivity contribution in [3.8, 4) is 5.75 Å². The molecule has 1 N–H and O–H groups in total. The number of hydrogen-bond donors (Lipinski definition) is 1. The van der Waals surface area contributed by atoms with Gasteiger partial charge in [0.05, 0.1) is 17.7 Å². The second-order valence-electron chi connectivity index (χ2n) is 8.93. The number of rotatable bonds is 11. The van der Waals surface area contributed by atoms with Crippen LogP contribution in [-0.2, 0) is 4.79 Å². The number of carbonyl (C=O) groups is 2. The first-order valence-corrected chi connectivity index (χ1v) is 13.0. The zero-order valence-electron chi connectivity index (χ0n) is 19.9. The molecule has 1 aromatic carbocycles. The molecule has 4 rings (SSSR count). The van der Waals surface area contributed by atoms with E-state index in [9.17, 15) is 14.7 Å². The van der Waals surface area contributed by atoms with Crippen molar-refractivity contribution in [2.24, 2.45) is 11.8 Å². The molecule has 35 heavy (non-hydrogen) atoms. The summed E-state index contributed by atoms with van der Waals surface area (Å²) in [6, 6.07) is 13.2. The molecule has 184 valence electrons. The van der Waals surface area contributed by atoms with Crippen LogP contribution in [0.15, 0.2) is 59.9 Å². The van der Waals surface area contributed by atoms with Gasteiger partial charge in [-0.1, -0.05) is 6.07 Å². The van der Waals surface area contributed by atoms with Crippen molar-refractivity contribution in [3.63, 3.8) is 0 Å². The largest absolute Gasteiger partial charge is 0.497 e. The van der Waals surface area contributed by atoms with Crippen LogP contribution in [-0.4, -0.2) is 64.2 Å². The maximum Gasteiger partial charge on any atom is 0.303 e. The zero-order chi connectivity index (χ0) is 24.6. The molecule has 0 spiro atoms. The number of pyridine rings is 2. The van der Waals surface area contributed by atoms with Crippen LogP contribution in [0, 0.1) is 11.8 Å². The maximum atomic E-state index is 13.2. The second kappa shape index (κ2) is 12.1. The molecule has 0 unspecified atom stereocenters. The number of carboxylic acids is 1. The van der Waals surface area contributed by atoms with Crippen molar-refractivity contribution in [1.82, 2.24) is 14.9 Å². The van der Waals surface area contributed by atoms with E-state index >= 15 is 0 Å². The summed E-state index contributed by atoms with van der Waals surface area (Å²) in [6.45, 7) is 2.57. The topological polar surface area (TPSA) is 92.6 Å². The number of carboxylic acid groups (broad SMARTS) is 1. The summed E-state index contributed by atoms with van der Waals surface area (Å²) in [5.41, 5.74) is 1.41. The van der Waals surface area contributed by atoms with Gasteiger partial charge in [-0.2, -0.15) is 0 Å². The van der Waals surface area contributed by atoms with Crippen molar-refractivity contribution in [2.45, 2.75) is 30.7 Å². The number of ether oxygens (including phenoxy) is 1. The Morgan fingerprint density at radius 1 is 1.14 bits per heavy atom. The third-order valence-electron chi connectivity index (χ3n) is 6.70. The summed E-state index contributed by atoms with van der Waals surface area (Å²) < 4.78 is 5.32.